The standard InChI is InChI=1S/C18H16ClNO3S2/c1-24-13-5-2-11(3-6-13)10-23-17(21)9-16-18(22)20-14-8-12(19)4-7-15(14)25-16/h2-8,16H,9-10H2,1H3,(H,20,22). The second-order valence-corrected chi connectivity index (χ2v) is 8.01. The molecule has 4 nitrogen and oxygen atoms in total. The number of nitrogens with one attached hydrogen (secondary N) is 1. The van der Waals surface area contributed by atoms with Gasteiger partial charge in [0, 0.05) is 14.8 Å². The number of ether oxygens (including phenoxy) is 1. The first-order valence-electron chi connectivity index (χ1n) is 7.61. The van der Waals surface area contributed by atoms with Gasteiger partial charge >= 0.3 is 5.97 Å². The summed E-state index contributed by atoms with van der Waals surface area (Å²) in [7, 11) is 0. The number of carbonyl (C=O) groups is 2. The molecule has 0 aliphatic carbocycles. The highest BCUT2D eigenvalue weighted by molar-refractivity contribution is 8.01. The van der Waals surface area contributed by atoms with E-state index < -0.39 is 5.25 Å². The van der Waals surface area contributed by atoms with Crippen LogP contribution in [-0.2, 0) is 20.9 Å². The molecule has 1 heterocycles. The van der Waals surface area contributed by atoms with Crippen molar-refractivity contribution in [1.29, 1.82) is 0 Å². The van der Waals surface area contributed by atoms with Gasteiger partial charge in [-0.05, 0) is 42.2 Å². The van der Waals surface area contributed by atoms with Crippen LogP contribution in [0.2, 0.25) is 5.02 Å². The molecule has 0 bridgehead atoms. The Balaban J connectivity index is 1.55. The molecule has 130 valence electrons. The molecule has 2 aromatic rings. The van der Waals surface area contributed by atoms with E-state index in [1.165, 1.54) is 11.8 Å². The average Bonchev–Trinajstić information content (AvgIpc) is 2.61. The number of benzene rings is 2. The van der Waals surface area contributed by atoms with Crippen molar-refractivity contribution in [2.24, 2.45) is 0 Å². The second kappa shape index (κ2) is 8.17. The summed E-state index contributed by atoms with van der Waals surface area (Å²) in [6.45, 7) is 0.207. The van der Waals surface area contributed by atoms with Crippen molar-refractivity contribution in [1.82, 2.24) is 0 Å². The first-order valence-corrected chi connectivity index (χ1v) is 10.1. The van der Waals surface area contributed by atoms with E-state index in [2.05, 4.69) is 5.32 Å². The predicted molar refractivity (Wildman–Crippen MR) is 102 cm³/mol. The minimum absolute atomic E-state index is 0.0292. The monoisotopic (exact) mass is 393 g/mol. The second-order valence-electron chi connectivity index (χ2n) is 5.45. The summed E-state index contributed by atoms with van der Waals surface area (Å²) in [6, 6.07) is 13.1. The Labute approximate surface area is 159 Å². The Morgan fingerprint density at radius 2 is 2.04 bits per heavy atom. The zero-order valence-electron chi connectivity index (χ0n) is 13.5. The lowest BCUT2D eigenvalue weighted by Gasteiger charge is -2.23. The smallest absolute Gasteiger partial charge is 0.307 e. The fourth-order valence-electron chi connectivity index (χ4n) is 2.35. The maximum absolute atomic E-state index is 12.2. The lowest BCUT2D eigenvalue weighted by Crippen LogP contribution is -2.31. The van der Waals surface area contributed by atoms with Crippen LogP contribution < -0.4 is 5.32 Å². The Kier molecular flexibility index (Phi) is 5.93. The maximum Gasteiger partial charge on any atom is 0.307 e. The lowest BCUT2D eigenvalue weighted by atomic mass is 10.2. The van der Waals surface area contributed by atoms with Crippen LogP contribution in [0.25, 0.3) is 0 Å². The zero-order valence-corrected chi connectivity index (χ0v) is 15.8. The zero-order chi connectivity index (χ0) is 17.8. The van der Waals surface area contributed by atoms with Gasteiger partial charge in [-0.3, -0.25) is 9.59 Å². The molecular weight excluding hydrogens is 378 g/mol. The molecule has 1 aliphatic heterocycles. The number of thioether (sulfide) groups is 2. The van der Waals surface area contributed by atoms with Gasteiger partial charge in [0.1, 0.15) is 6.61 Å². The third kappa shape index (κ3) is 4.71. The van der Waals surface area contributed by atoms with Crippen LogP contribution in [0.4, 0.5) is 5.69 Å². The Bertz CT molecular complexity index is 795. The van der Waals surface area contributed by atoms with Gasteiger partial charge in [-0.15, -0.1) is 23.5 Å². The first-order chi connectivity index (χ1) is 12.0. The van der Waals surface area contributed by atoms with Crippen molar-refractivity contribution >= 4 is 52.7 Å². The molecule has 2 aromatic carbocycles. The maximum atomic E-state index is 12.2. The number of fused-ring (bicyclic) bond motifs is 1. The summed E-state index contributed by atoms with van der Waals surface area (Å²) in [5, 5.41) is 2.85. The van der Waals surface area contributed by atoms with Gasteiger partial charge in [-0.25, -0.2) is 0 Å². The summed E-state index contributed by atoms with van der Waals surface area (Å²) >= 11 is 8.94. The molecule has 1 atom stereocenters. The fraction of sp³-hybridized carbons (Fsp3) is 0.222. The number of amides is 1. The van der Waals surface area contributed by atoms with E-state index in [0.29, 0.717) is 10.7 Å². The molecule has 1 N–H and O–H groups in total. The van der Waals surface area contributed by atoms with E-state index in [-0.39, 0.29) is 24.9 Å². The highest BCUT2D eigenvalue weighted by Gasteiger charge is 2.29. The summed E-state index contributed by atoms with van der Waals surface area (Å²) in [5.74, 6) is -0.597. The highest BCUT2D eigenvalue weighted by Crippen LogP contribution is 2.38. The van der Waals surface area contributed by atoms with E-state index in [4.69, 9.17) is 16.3 Å². The summed E-state index contributed by atoms with van der Waals surface area (Å²) in [4.78, 5) is 26.3. The average molecular weight is 394 g/mol. The molecule has 0 radical (unpaired) electrons. The molecule has 0 aromatic heterocycles. The quantitative estimate of drug-likeness (QED) is 0.593. The van der Waals surface area contributed by atoms with Crippen LogP contribution in [0.15, 0.2) is 52.3 Å². The topological polar surface area (TPSA) is 55.4 Å². The summed E-state index contributed by atoms with van der Waals surface area (Å²) < 4.78 is 5.30. The Morgan fingerprint density at radius 1 is 1.28 bits per heavy atom. The number of hydrogen-bond donors (Lipinski definition) is 1. The van der Waals surface area contributed by atoms with Crippen LogP contribution in [0.5, 0.6) is 0 Å². The Morgan fingerprint density at radius 3 is 2.76 bits per heavy atom. The minimum atomic E-state index is -0.500. The van der Waals surface area contributed by atoms with E-state index in [9.17, 15) is 9.59 Å². The third-order valence-corrected chi connectivity index (χ3v) is 5.93. The van der Waals surface area contributed by atoms with Crippen molar-refractivity contribution in [3.63, 3.8) is 0 Å². The largest absolute Gasteiger partial charge is 0.461 e. The molecule has 1 amide bonds. The van der Waals surface area contributed by atoms with Crippen molar-refractivity contribution in [3.8, 4) is 0 Å². The normalized spacial score (nSPS) is 16.1. The summed E-state index contributed by atoms with van der Waals surface area (Å²) in [5.41, 5.74) is 1.60. The number of anilines is 1. The van der Waals surface area contributed by atoms with Crippen LogP contribution in [0.1, 0.15) is 12.0 Å². The molecular formula is C18H16ClNO3S2. The van der Waals surface area contributed by atoms with Crippen LogP contribution in [-0.4, -0.2) is 23.4 Å². The van der Waals surface area contributed by atoms with Crippen molar-refractivity contribution in [3.05, 3.63) is 53.1 Å². The van der Waals surface area contributed by atoms with Gasteiger partial charge in [-0.2, -0.15) is 0 Å². The molecule has 0 saturated carbocycles. The molecule has 0 fully saturated rings. The van der Waals surface area contributed by atoms with Gasteiger partial charge in [-0.1, -0.05) is 23.7 Å². The molecule has 25 heavy (non-hydrogen) atoms. The number of esters is 1. The van der Waals surface area contributed by atoms with Crippen LogP contribution >= 0.6 is 35.1 Å². The van der Waals surface area contributed by atoms with Crippen LogP contribution in [0, 0.1) is 0 Å². The van der Waals surface area contributed by atoms with E-state index in [1.54, 1.807) is 23.9 Å². The molecule has 0 spiro atoms. The molecule has 7 heteroatoms. The Hall–Kier alpha value is -1.63. The van der Waals surface area contributed by atoms with Crippen LogP contribution in [0.3, 0.4) is 0 Å². The van der Waals surface area contributed by atoms with E-state index >= 15 is 0 Å². The molecule has 3 rings (SSSR count). The van der Waals surface area contributed by atoms with E-state index in [0.717, 1.165) is 15.4 Å². The molecule has 1 unspecified atom stereocenters. The first kappa shape index (κ1) is 18.2. The van der Waals surface area contributed by atoms with Crippen molar-refractivity contribution in [2.45, 2.75) is 28.1 Å². The van der Waals surface area contributed by atoms with Gasteiger partial charge in [0.25, 0.3) is 0 Å². The SMILES string of the molecule is CSc1ccc(COC(=O)CC2Sc3ccc(Cl)cc3NC2=O)cc1. The predicted octanol–water partition coefficient (Wildman–Crippen LogP) is 4.61. The van der Waals surface area contributed by atoms with Crippen molar-refractivity contribution in [2.75, 3.05) is 11.6 Å². The minimum Gasteiger partial charge on any atom is -0.461 e. The van der Waals surface area contributed by atoms with E-state index in [1.807, 2.05) is 36.6 Å². The van der Waals surface area contributed by atoms with Gasteiger partial charge in [0.15, 0.2) is 0 Å². The third-order valence-electron chi connectivity index (χ3n) is 3.67. The number of rotatable bonds is 5. The highest BCUT2D eigenvalue weighted by atomic mass is 35.5. The van der Waals surface area contributed by atoms with Gasteiger partial charge in [0.05, 0.1) is 17.4 Å². The lowest BCUT2D eigenvalue weighted by molar-refractivity contribution is -0.145. The number of hydrogen-bond acceptors (Lipinski definition) is 5. The van der Waals surface area contributed by atoms with Gasteiger partial charge in [0.2, 0.25) is 5.91 Å². The van der Waals surface area contributed by atoms with Crippen molar-refractivity contribution < 1.29 is 14.3 Å². The summed E-state index contributed by atoms with van der Waals surface area (Å²) in [6.07, 6.45) is 2.04. The van der Waals surface area contributed by atoms with Gasteiger partial charge < -0.3 is 10.1 Å². The molecule has 0 saturated heterocycles. The molecule has 1 aliphatic rings. The fourth-order valence-corrected chi connectivity index (χ4v) is 4.01. The number of halogens is 1. The number of carbonyl (C=O) groups excluding carboxylic acids is 2.